The first kappa shape index (κ1) is 18.3. The van der Waals surface area contributed by atoms with Gasteiger partial charge in [-0.25, -0.2) is 4.39 Å². The predicted octanol–water partition coefficient (Wildman–Crippen LogP) is 2.72. The van der Waals surface area contributed by atoms with Crippen LogP contribution in [0.3, 0.4) is 0 Å². The van der Waals surface area contributed by atoms with E-state index in [-0.39, 0.29) is 29.8 Å². The number of hydrogen-bond acceptors (Lipinski definition) is 4. The van der Waals surface area contributed by atoms with Crippen LogP contribution in [0, 0.1) is 11.7 Å². The number of hydrogen-bond donors (Lipinski definition) is 3. The van der Waals surface area contributed by atoms with Crippen molar-refractivity contribution in [1.82, 2.24) is 20.5 Å². The maximum atomic E-state index is 13.6. The van der Waals surface area contributed by atoms with Gasteiger partial charge in [-0.05, 0) is 43.0 Å². The molecule has 1 atom stereocenters. The highest BCUT2D eigenvalue weighted by atomic mass is 19.1. The number of carbonyl (C=O) groups is 1. The average molecular weight is 380 g/mol. The fourth-order valence-corrected chi connectivity index (χ4v) is 3.61. The second-order valence-electron chi connectivity index (χ2n) is 7.16. The van der Waals surface area contributed by atoms with Crippen LogP contribution in [0.5, 0.6) is 0 Å². The van der Waals surface area contributed by atoms with Crippen molar-refractivity contribution in [2.75, 3.05) is 0 Å². The molecule has 1 aromatic carbocycles. The van der Waals surface area contributed by atoms with E-state index in [4.69, 9.17) is 0 Å². The van der Waals surface area contributed by atoms with Gasteiger partial charge in [0.05, 0.1) is 23.6 Å². The lowest BCUT2D eigenvalue weighted by Gasteiger charge is -2.38. The highest BCUT2D eigenvalue weighted by molar-refractivity contribution is 5.99. The Hall–Kier alpha value is -3.06. The number of carbonyl (C=O) groups excluding carboxylic acids is 1. The molecule has 1 unspecified atom stereocenters. The van der Waals surface area contributed by atoms with E-state index in [1.54, 1.807) is 18.3 Å². The van der Waals surface area contributed by atoms with Crippen LogP contribution in [-0.2, 0) is 6.42 Å². The number of rotatable bonds is 6. The molecule has 1 amide bonds. The Labute approximate surface area is 161 Å². The summed E-state index contributed by atoms with van der Waals surface area (Å²) >= 11 is 0. The number of aromatic nitrogens is 3. The summed E-state index contributed by atoms with van der Waals surface area (Å²) in [6.07, 6.45) is 4.74. The van der Waals surface area contributed by atoms with Gasteiger partial charge in [-0.15, -0.1) is 0 Å². The molecule has 0 radical (unpaired) electrons. The SMILES string of the molecule is O=C(NC(Cc1ccccn1)C1CC(O)C1)c1cn[nH]c1-c1cccc(F)c1. The monoisotopic (exact) mass is 380 g/mol. The number of benzene rings is 1. The van der Waals surface area contributed by atoms with Crippen LogP contribution in [0.4, 0.5) is 4.39 Å². The van der Waals surface area contributed by atoms with E-state index in [2.05, 4.69) is 20.5 Å². The first-order chi connectivity index (χ1) is 13.6. The van der Waals surface area contributed by atoms with Crippen molar-refractivity contribution in [2.45, 2.75) is 31.4 Å². The first-order valence-electron chi connectivity index (χ1n) is 9.28. The molecule has 6 nitrogen and oxygen atoms in total. The molecule has 0 saturated heterocycles. The fraction of sp³-hybridized carbons (Fsp3) is 0.286. The van der Waals surface area contributed by atoms with E-state index in [0.29, 0.717) is 36.1 Å². The molecule has 1 fully saturated rings. The van der Waals surface area contributed by atoms with E-state index in [9.17, 15) is 14.3 Å². The highest BCUT2D eigenvalue weighted by Crippen LogP contribution is 2.32. The third-order valence-corrected chi connectivity index (χ3v) is 5.19. The van der Waals surface area contributed by atoms with Crippen LogP contribution in [0.1, 0.15) is 28.9 Å². The second kappa shape index (κ2) is 7.90. The van der Waals surface area contributed by atoms with E-state index in [0.717, 1.165) is 5.69 Å². The predicted molar refractivity (Wildman–Crippen MR) is 102 cm³/mol. The van der Waals surface area contributed by atoms with E-state index in [1.807, 2.05) is 18.2 Å². The zero-order valence-corrected chi connectivity index (χ0v) is 15.2. The van der Waals surface area contributed by atoms with Crippen LogP contribution in [0.15, 0.2) is 54.9 Å². The Balaban J connectivity index is 1.54. The molecule has 1 saturated carbocycles. The summed E-state index contributed by atoms with van der Waals surface area (Å²) in [4.78, 5) is 17.3. The minimum atomic E-state index is -0.380. The lowest BCUT2D eigenvalue weighted by molar-refractivity contribution is 0.0238. The van der Waals surface area contributed by atoms with Crippen LogP contribution in [-0.4, -0.2) is 38.3 Å². The summed E-state index contributed by atoms with van der Waals surface area (Å²) in [5, 5.41) is 19.5. The number of halogens is 1. The van der Waals surface area contributed by atoms with Crippen molar-refractivity contribution in [3.05, 3.63) is 71.9 Å². The van der Waals surface area contributed by atoms with Gasteiger partial charge in [0.25, 0.3) is 5.91 Å². The van der Waals surface area contributed by atoms with Crippen LogP contribution in [0.2, 0.25) is 0 Å². The summed E-state index contributed by atoms with van der Waals surface area (Å²) in [6.45, 7) is 0. The Morgan fingerprint density at radius 3 is 2.86 bits per heavy atom. The van der Waals surface area contributed by atoms with Gasteiger partial charge in [0.2, 0.25) is 0 Å². The van der Waals surface area contributed by atoms with E-state index < -0.39 is 0 Å². The standard InChI is InChI=1S/C21H21FN4O2/c22-15-5-3-4-13(8-15)20-18(12-24-26-20)21(28)25-19(14-9-17(27)10-14)11-16-6-1-2-7-23-16/h1-8,12,14,17,19,27H,9-11H2,(H,24,26)(H,25,28). The van der Waals surface area contributed by atoms with Crippen LogP contribution < -0.4 is 5.32 Å². The van der Waals surface area contributed by atoms with Crippen molar-refractivity contribution in [1.29, 1.82) is 0 Å². The minimum absolute atomic E-state index is 0.152. The van der Waals surface area contributed by atoms with E-state index in [1.165, 1.54) is 18.3 Å². The molecule has 144 valence electrons. The molecule has 0 bridgehead atoms. The average Bonchev–Trinajstić information content (AvgIpc) is 3.16. The molecule has 0 spiro atoms. The van der Waals surface area contributed by atoms with Gasteiger partial charge in [-0.2, -0.15) is 5.10 Å². The second-order valence-corrected chi connectivity index (χ2v) is 7.16. The normalized spacial score (nSPS) is 19.6. The summed E-state index contributed by atoms with van der Waals surface area (Å²) in [5.41, 5.74) is 2.27. The van der Waals surface area contributed by atoms with Crippen LogP contribution >= 0.6 is 0 Å². The van der Waals surface area contributed by atoms with Crippen LogP contribution in [0.25, 0.3) is 11.3 Å². The Morgan fingerprint density at radius 2 is 2.14 bits per heavy atom. The summed E-state index contributed by atoms with van der Waals surface area (Å²) < 4.78 is 13.6. The Kier molecular flexibility index (Phi) is 5.16. The number of aliphatic hydroxyl groups is 1. The largest absolute Gasteiger partial charge is 0.393 e. The number of nitrogens with zero attached hydrogens (tertiary/aromatic N) is 2. The molecule has 1 aliphatic rings. The maximum Gasteiger partial charge on any atom is 0.255 e. The lowest BCUT2D eigenvalue weighted by Crippen LogP contribution is -2.48. The molecule has 2 aromatic heterocycles. The van der Waals surface area contributed by atoms with E-state index >= 15 is 0 Å². The zero-order valence-electron chi connectivity index (χ0n) is 15.2. The Morgan fingerprint density at radius 1 is 1.29 bits per heavy atom. The molecular formula is C21H21FN4O2. The van der Waals surface area contributed by atoms with Crippen molar-refractivity contribution in [3.63, 3.8) is 0 Å². The fourth-order valence-electron chi connectivity index (χ4n) is 3.61. The molecule has 7 heteroatoms. The zero-order chi connectivity index (χ0) is 19.5. The highest BCUT2D eigenvalue weighted by Gasteiger charge is 2.35. The smallest absolute Gasteiger partial charge is 0.255 e. The molecule has 1 aliphatic carbocycles. The van der Waals surface area contributed by atoms with Gasteiger partial charge in [0.15, 0.2) is 0 Å². The number of pyridine rings is 1. The quantitative estimate of drug-likeness (QED) is 0.613. The Bertz CT molecular complexity index is 954. The minimum Gasteiger partial charge on any atom is -0.393 e. The molecule has 4 rings (SSSR count). The van der Waals surface area contributed by atoms with Gasteiger partial charge in [-0.1, -0.05) is 18.2 Å². The molecule has 3 aromatic rings. The summed E-state index contributed by atoms with van der Waals surface area (Å²) in [6, 6.07) is 11.6. The maximum absolute atomic E-state index is 13.6. The number of H-pyrrole nitrogens is 1. The topological polar surface area (TPSA) is 90.9 Å². The molecule has 0 aliphatic heterocycles. The van der Waals surface area contributed by atoms with Gasteiger partial charge in [0.1, 0.15) is 5.82 Å². The molecular weight excluding hydrogens is 359 g/mol. The molecule has 3 N–H and O–H groups in total. The van der Waals surface area contributed by atoms with Gasteiger partial charge in [0, 0.05) is 29.9 Å². The van der Waals surface area contributed by atoms with Gasteiger partial charge in [-0.3, -0.25) is 14.9 Å². The van der Waals surface area contributed by atoms with Crippen molar-refractivity contribution >= 4 is 5.91 Å². The lowest BCUT2D eigenvalue weighted by atomic mass is 9.76. The van der Waals surface area contributed by atoms with Crippen molar-refractivity contribution in [3.8, 4) is 11.3 Å². The van der Waals surface area contributed by atoms with Gasteiger partial charge >= 0.3 is 0 Å². The number of amides is 1. The summed E-state index contributed by atoms with van der Waals surface area (Å²) in [7, 11) is 0. The van der Waals surface area contributed by atoms with Crippen molar-refractivity contribution < 1.29 is 14.3 Å². The summed E-state index contributed by atoms with van der Waals surface area (Å²) in [5.74, 6) is -0.476. The number of aliphatic hydroxyl groups excluding tert-OH is 1. The molecule has 2 heterocycles. The third-order valence-electron chi connectivity index (χ3n) is 5.19. The van der Waals surface area contributed by atoms with Gasteiger partial charge < -0.3 is 10.4 Å². The third kappa shape index (κ3) is 3.94. The molecule has 28 heavy (non-hydrogen) atoms. The first-order valence-corrected chi connectivity index (χ1v) is 9.28. The number of aromatic amines is 1. The number of nitrogens with one attached hydrogen (secondary N) is 2. The van der Waals surface area contributed by atoms with Crippen molar-refractivity contribution in [2.24, 2.45) is 5.92 Å².